The molecule has 104 valence electrons. The van der Waals surface area contributed by atoms with Crippen molar-refractivity contribution in [2.75, 3.05) is 11.9 Å². The van der Waals surface area contributed by atoms with Gasteiger partial charge in [-0.3, -0.25) is 10.1 Å². The molecule has 1 aliphatic carbocycles. The van der Waals surface area contributed by atoms with Gasteiger partial charge in [-0.2, -0.15) is 0 Å². The molecule has 2 fully saturated rings. The number of piperidine rings is 1. The number of amides is 1. The second-order valence-electron chi connectivity index (χ2n) is 5.59. The summed E-state index contributed by atoms with van der Waals surface area (Å²) < 4.78 is 5.23. The SMILES string of the molecule is O=C(Nc1cc(C2CCCC2)no1)C1CCCCN1. The van der Waals surface area contributed by atoms with Gasteiger partial charge in [0.05, 0.1) is 11.7 Å². The highest BCUT2D eigenvalue weighted by Crippen LogP contribution is 2.34. The van der Waals surface area contributed by atoms with Crippen LogP contribution in [0.1, 0.15) is 56.6 Å². The Labute approximate surface area is 113 Å². The van der Waals surface area contributed by atoms with Crippen molar-refractivity contribution in [1.29, 1.82) is 0 Å². The van der Waals surface area contributed by atoms with Crippen molar-refractivity contribution in [3.8, 4) is 0 Å². The third-order valence-electron chi connectivity index (χ3n) is 4.18. The minimum Gasteiger partial charge on any atom is -0.338 e. The molecule has 1 atom stereocenters. The molecule has 1 aromatic rings. The fraction of sp³-hybridized carbons (Fsp3) is 0.714. The van der Waals surface area contributed by atoms with E-state index in [-0.39, 0.29) is 11.9 Å². The van der Waals surface area contributed by atoms with Crippen molar-refractivity contribution >= 4 is 11.8 Å². The Morgan fingerprint density at radius 1 is 1.26 bits per heavy atom. The van der Waals surface area contributed by atoms with E-state index in [2.05, 4.69) is 15.8 Å². The van der Waals surface area contributed by atoms with Crippen LogP contribution in [0, 0.1) is 0 Å². The normalized spacial score (nSPS) is 24.5. The summed E-state index contributed by atoms with van der Waals surface area (Å²) >= 11 is 0. The molecule has 19 heavy (non-hydrogen) atoms. The first-order chi connectivity index (χ1) is 9.33. The monoisotopic (exact) mass is 263 g/mol. The van der Waals surface area contributed by atoms with Crippen LogP contribution in [0.4, 0.5) is 5.88 Å². The summed E-state index contributed by atoms with van der Waals surface area (Å²) in [6.07, 6.45) is 8.06. The fourth-order valence-corrected chi connectivity index (χ4v) is 3.05. The smallest absolute Gasteiger partial charge is 0.243 e. The van der Waals surface area contributed by atoms with Crippen LogP contribution in [0.2, 0.25) is 0 Å². The molecule has 0 radical (unpaired) electrons. The van der Waals surface area contributed by atoms with Crippen LogP contribution >= 0.6 is 0 Å². The van der Waals surface area contributed by atoms with E-state index in [9.17, 15) is 4.79 Å². The molecule has 2 N–H and O–H groups in total. The number of carbonyl (C=O) groups is 1. The van der Waals surface area contributed by atoms with Crippen LogP contribution in [0.15, 0.2) is 10.6 Å². The van der Waals surface area contributed by atoms with Gasteiger partial charge < -0.3 is 9.84 Å². The molecule has 1 amide bonds. The first kappa shape index (κ1) is 12.7. The third-order valence-corrected chi connectivity index (χ3v) is 4.18. The molecule has 0 aromatic carbocycles. The van der Waals surface area contributed by atoms with Crippen LogP contribution in [0.5, 0.6) is 0 Å². The van der Waals surface area contributed by atoms with Gasteiger partial charge >= 0.3 is 0 Å². The molecule has 1 unspecified atom stereocenters. The zero-order valence-corrected chi connectivity index (χ0v) is 11.2. The highest BCUT2D eigenvalue weighted by Gasteiger charge is 2.24. The van der Waals surface area contributed by atoms with Gasteiger partial charge in [0.1, 0.15) is 0 Å². The average Bonchev–Trinajstić information content (AvgIpc) is 3.10. The van der Waals surface area contributed by atoms with Gasteiger partial charge in [0.25, 0.3) is 0 Å². The lowest BCUT2D eigenvalue weighted by Gasteiger charge is -2.21. The van der Waals surface area contributed by atoms with E-state index in [0.29, 0.717) is 11.8 Å². The predicted molar refractivity (Wildman–Crippen MR) is 72.0 cm³/mol. The summed E-state index contributed by atoms with van der Waals surface area (Å²) in [5, 5.41) is 10.1. The van der Waals surface area contributed by atoms with Gasteiger partial charge in [-0.25, -0.2) is 0 Å². The molecule has 2 heterocycles. The molecule has 5 heteroatoms. The van der Waals surface area contributed by atoms with Gasteiger partial charge in [0.2, 0.25) is 11.8 Å². The maximum Gasteiger partial charge on any atom is 0.243 e. The van der Waals surface area contributed by atoms with Gasteiger partial charge in [-0.1, -0.05) is 24.4 Å². The van der Waals surface area contributed by atoms with Crippen LogP contribution in [-0.2, 0) is 4.79 Å². The van der Waals surface area contributed by atoms with Crippen molar-refractivity contribution in [1.82, 2.24) is 10.5 Å². The van der Waals surface area contributed by atoms with E-state index in [0.717, 1.165) is 31.5 Å². The van der Waals surface area contributed by atoms with Gasteiger partial charge in [0, 0.05) is 12.0 Å². The standard InChI is InChI=1S/C14H21N3O2/c18-14(11-7-3-4-8-15-11)16-13-9-12(17-19-13)10-5-1-2-6-10/h9-11,15H,1-8H2,(H,16,18). The van der Waals surface area contributed by atoms with Crippen molar-refractivity contribution < 1.29 is 9.32 Å². The molecule has 1 aliphatic heterocycles. The number of nitrogens with zero attached hydrogens (tertiary/aromatic N) is 1. The summed E-state index contributed by atoms with van der Waals surface area (Å²) in [6.45, 7) is 0.918. The highest BCUT2D eigenvalue weighted by atomic mass is 16.5. The number of hydrogen-bond donors (Lipinski definition) is 2. The van der Waals surface area contributed by atoms with Crippen LogP contribution in [-0.4, -0.2) is 23.7 Å². The first-order valence-electron chi connectivity index (χ1n) is 7.34. The molecule has 5 nitrogen and oxygen atoms in total. The molecule has 3 rings (SSSR count). The Morgan fingerprint density at radius 3 is 2.79 bits per heavy atom. The van der Waals surface area contributed by atoms with Crippen LogP contribution in [0.25, 0.3) is 0 Å². The van der Waals surface area contributed by atoms with Crippen LogP contribution in [0.3, 0.4) is 0 Å². The number of anilines is 1. The van der Waals surface area contributed by atoms with Gasteiger partial charge in [-0.15, -0.1) is 0 Å². The lowest BCUT2D eigenvalue weighted by atomic mass is 10.0. The molecule has 0 bridgehead atoms. The maximum atomic E-state index is 12.0. The van der Waals surface area contributed by atoms with Crippen molar-refractivity contribution in [2.45, 2.75) is 56.9 Å². The highest BCUT2D eigenvalue weighted by molar-refractivity contribution is 5.93. The summed E-state index contributed by atoms with van der Waals surface area (Å²) in [5.41, 5.74) is 0.990. The van der Waals surface area contributed by atoms with E-state index in [4.69, 9.17) is 4.52 Å². The van der Waals surface area contributed by atoms with Gasteiger partial charge in [-0.05, 0) is 32.2 Å². The Balaban J connectivity index is 1.58. The number of rotatable bonds is 3. The summed E-state index contributed by atoms with van der Waals surface area (Å²) in [4.78, 5) is 12.0. The molecule has 0 spiro atoms. The minimum absolute atomic E-state index is 0.00572. The Morgan fingerprint density at radius 2 is 2.05 bits per heavy atom. The van der Waals surface area contributed by atoms with E-state index >= 15 is 0 Å². The minimum atomic E-state index is -0.0891. The number of carbonyl (C=O) groups excluding carboxylic acids is 1. The lowest BCUT2D eigenvalue weighted by molar-refractivity contribution is -0.118. The summed E-state index contributed by atoms with van der Waals surface area (Å²) in [5.74, 6) is 0.996. The molecular formula is C14H21N3O2. The first-order valence-corrected chi connectivity index (χ1v) is 7.34. The van der Waals surface area contributed by atoms with E-state index in [1.807, 2.05) is 6.07 Å². The average molecular weight is 263 g/mol. The van der Waals surface area contributed by atoms with Crippen LogP contribution < -0.4 is 10.6 Å². The molecule has 1 saturated carbocycles. The van der Waals surface area contributed by atoms with E-state index < -0.39 is 0 Å². The molecule has 2 aliphatic rings. The molecule has 1 saturated heterocycles. The molecular weight excluding hydrogens is 242 g/mol. The van der Waals surface area contributed by atoms with Crippen molar-refractivity contribution in [3.05, 3.63) is 11.8 Å². The summed E-state index contributed by atoms with van der Waals surface area (Å²) in [6, 6.07) is 1.80. The topological polar surface area (TPSA) is 67.2 Å². The van der Waals surface area contributed by atoms with Crippen molar-refractivity contribution in [3.63, 3.8) is 0 Å². The second-order valence-corrected chi connectivity index (χ2v) is 5.59. The largest absolute Gasteiger partial charge is 0.338 e. The predicted octanol–water partition coefficient (Wildman–Crippen LogP) is 2.41. The van der Waals surface area contributed by atoms with E-state index in [1.165, 1.54) is 25.7 Å². The summed E-state index contributed by atoms with van der Waals surface area (Å²) in [7, 11) is 0. The van der Waals surface area contributed by atoms with Gasteiger partial charge in [0.15, 0.2) is 0 Å². The number of aromatic nitrogens is 1. The second kappa shape index (κ2) is 5.74. The zero-order chi connectivity index (χ0) is 13.1. The Hall–Kier alpha value is -1.36. The number of nitrogens with one attached hydrogen (secondary N) is 2. The van der Waals surface area contributed by atoms with Crippen molar-refractivity contribution in [2.24, 2.45) is 0 Å². The third kappa shape index (κ3) is 2.97. The Bertz CT molecular complexity index is 432. The maximum absolute atomic E-state index is 12.0. The zero-order valence-electron chi connectivity index (χ0n) is 11.2. The van der Waals surface area contributed by atoms with E-state index in [1.54, 1.807) is 0 Å². The quantitative estimate of drug-likeness (QED) is 0.878. The number of hydrogen-bond acceptors (Lipinski definition) is 4. The molecule has 1 aromatic heterocycles. The fourth-order valence-electron chi connectivity index (χ4n) is 3.05. The Kier molecular flexibility index (Phi) is 3.82. The lowest BCUT2D eigenvalue weighted by Crippen LogP contribution is -2.43.